The zero-order valence-electron chi connectivity index (χ0n) is 21.2. The van der Waals surface area contributed by atoms with Crippen LogP contribution in [0.4, 0.5) is 16.2 Å². The summed E-state index contributed by atoms with van der Waals surface area (Å²) < 4.78 is 5.09. The minimum atomic E-state index is -1.29. The van der Waals surface area contributed by atoms with E-state index in [1.165, 1.54) is 0 Å². The lowest BCUT2D eigenvalue weighted by atomic mass is 9.95. The summed E-state index contributed by atoms with van der Waals surface area (Å²) in [5.41, 5.74) is 2.80. The SMILES string of the molecule is O=C(N[C@@H](CNC(=O)C1CCN(c2cccc(NC3=NCCCN3)c2)CC1)C(=O)O)OCc1ccccc1. The lowest BCUT2D eigenvalue weighted by Gasteiger charge is -2.33. The fraction of sp³-hybridized carbons (Fsp3) is 0.407. The van der Waals surface area contributed by atoms with Gasteiger partial charge in [0.1, 0.15) is 12.6 Å². The number of nitrogens with one attached hydrogen (secondary N) is 4. The van der Waals surface area contributed by atoms with Crippen molar-refractivity contribution < 1.29 is 24.2 Å². The Hall–Kier alpha value is -4.28. The molecule has 0 aliphatic carbocycles. The van der Waals surface area contributed by atoms with Gasteiger partial charge < -0.3 is 36.0 Å². The predicted molar refractivity (Wildman–Crippen MR) is 144 cm³/mol. The summed E-state index contributed by atoms with van der Waals surface area (Å²) in [5.74, 6) is -0.915. The van der Waals surface area contributed by atoms with E-state index in [0.29, 0.717) is 25.9 Å². The highest BCUT2D eigenvalue weighted by Gasteiger charge is 2.27. The molecule has 202 valence electrons. The van der Waals surface area contributed by atoms with Gasteiger partial charge in [-0.1, -0.05) is 36.4 Å². The van der Waals surface area contributed by atoms with Crippen LogP contribution in [0.2, 0.25) is 0 Å². The van der Waals surface area contributed by atoms with Gasteiger partial charge in [0.05, 0.1) is 0 Å². The van der Waals surface area contributed by atoms with E-state index < -0.39 is 18.1 Å². The number of amides is 2. The number of benzene rings is 2. The lowest BCUT2D eigenvalue weighted by Crippen LogP contribution is -2.50. The molecule has 0 saturated carbocycles. The Kier molecular flexibility index (Phi) is 9.38. The van der Waals surface area contributed by atoms with E-state index in [4.69, 9.17) is 4.74 Å². The summed E-state index contributed by atoms with van der Waals surface area (Å²) in [7, 11) is 0. The smallest absolute Gasteiger partial charge is 0.408 e. The number of nitrogens with zero attached hydrogens (tertiary/aromatic N) is 2. The van der Waals surface area contributed by atoms with E-state index in [9.17, 15) is 19.5 Å². The van der Waals surface area contributed by atoms with E-state index in [0.717, 1.165) is 42.4 Å². The Morgan fingerprint density at radius 3 is 2.61 bits per heavy atom. The highest BCUT2D eigenvalue weighted by molar-refractivity contribution is 5.94. The van der Waals surface area contributed by atoms with Gasteiger partial charge >= 0.3 is 12.1 Å². The number of carboxylic acids is 1. The number of aliphatic imine (C=N–C) groups is 1. The minimum Gasteiger partial charge on any atom is -0.480 e. The monoisotopic (exact) mass is 522 g/mol. The maximum absolute atomic E-state index is 12.7. The molecule has 5 N–H and O–H groups in total. The molecule has 2 aromatic rings. The first-order valence-corrected chi connectivity index (χ1v) is 12.9. The van der Waals surface area contributed by atoms with Gasteiger partial charge in [-0.25, -0.2) is 9.59 Å². The van der Waals surface area contributed by atoms with Crippen molar-refractivity contribution in [2.24, 2.45) is 10.9 Å². The van der Waals surface area contributed by atoms with Crippen molar-refractivity contribution in [3.05, 3.63) is 60.2 Å². The standard InChI is InChI=1S/C27H34N6O5/c34-24(30-17-23(25(35)36)32-27(37)38-18-19-6-2-1-3-7-19)20-10-14-33(15-11-20)22-9-4-8-21(16-22)31-26-28-12-5-13-29-26/h1-4,6-9,16,20,23H,5,10-15,17-18H2,(H,30,34)(H,32,37)(H,35,36)(H2,28,29,31)/t23-/m0/s1. The highest BCUT2D eigenvalue weighted by atomic mass is 16.5. The molecule has 2 aliphatic rings. The van der Waals surface area contributed by atoms with Crippen LogP contribution < -0.4 is 26.2 Å². The zero-order chi connectivity index (χ0) is 26.7. The van der Waals surface area contributed by atoms with Gasteiger partial charge in [-0.3, -0.25) is 9.79 Å². The van der Waals surface area contributed by atoms with Gasteiger partial charge in [-0.15, -0.1) is 0 Å². The third-order valence-electron chi connectivity index (χ3n) is 6.52. The number of piperidine rings is 1. The molecule has 0 bridgehead atoms. The first-order valence-electron chi connectivity index (χ1n) is 12.9. The quantitative estimate of drug-likeness (QED) is 0.337. The molecule has 2 amide bonds. The lowest BCUT2D eigenvalue weighted by molar-refractivity contribution is -0.139. The highest BCUT2D eigenvalue weighted by Crippen LogP contribution is 2.25. The fourth-order valence-electron chi connectivity index (χ4n) is 4.39. The van der Waals surface area contributed by atoms with E-state index in [1.807, 2.05) is 36.4 Å². The molecular formula is C27H34N6O5. The van der Waals surface area contributed by atoms with Crippen molar-refractivity contribution in [2.75, 3.05) is 42.9 Å². The largest absolute Gasteiger partial charge is 0.480 e. The number of alkyl carbamates (subject to hydrolysis) is 1. The molecule has 0 aromatic heterocycles. The van der Waals surface area contributed by atoms with Crippen LogP contribution in [-0.2, 0) is 20.9 Å². The molecule has 0 spiro atoms. The number of carbonyl (C=O) groups is 3. The van der Waals surface area contributed by atoms with E-state index in [2.05, 4.69) is 37.2 Å². The zero-order valence-corrected chi connectivity index (χ0v) is 21.2. The number of aliphatic carboxylic acids is 1. The van der Waals surface area contributed by atoms with Gasteiger partial charge in [-0.2, -0.15) is 0 Å². The minimum absolute atomic E-state index is 0.0224. The second kappa shape index (κ2) is 13.3. The summed E-state index contributed by atoms with van der Waals surface area (Å²) >= 11 is 0. The average Bonchev–Trinajstić information content (AvgIpc) is 2.95. The molecule has 1 fully saturated rings. The molecule has 11 nitrogen and oxygen atoms in total. The maximum Gasteiger partial charge on any atom is 0.408 e. The van der Waals surface area contributed by atoms with Crippen LogP contribution in [0.3, 0.4) is 0 Å². The second-order valence-electron chi connectivity index (χ2n) is 9.29. The van der Waals surface area contributed by atoms with Crippen LogP contribution in [0, 0.1) is 5.92 Å². The van der Waals surface area contributed by atoms with Crippen molar-refractivity contribution in [3.8, 4) is 0 Å². The summed E-state index contributed by atoms with van der Waals surface area (Å²) in [6, 6.07) is 15.9. The average molecular weight is 523 g/mol. The van der Waals surface area contributed by atoms with E-state index >= 15 is 0 Å². The Bertz CT molecular complexity index is 1130. The molecule has 1 saturated heterocycles. The topological polar surface area (TPSA) is 144 Å². The molecule has 0 unspecified atom stereocenters. The maximum atomic E-state index is 12.7. The van der Waals surface area contributed by atoms with Crippen molar-refractivity contribution in [2.45, 2.75) is 31.9 Å². The summed E-state index contributed by atoms with van der Waals surface area (Å²) in [4.78, 5) is 43.1. The number of ether oxygens (including phenoxy) is 1. The first-order chi connectivity index (χ1) is 18.5. The van der Waals surface area contributed by atoms with Crippen molar-refractivity contribution in [3.63, 3.8) is 0 Å². The molecule has 2 aromatic carbocycles. The number of anilines is 2. The van der Waals surface area contributed by atoms with Gasteiger partial charge in [0.15, 0.2) is 5.96 Å². The van der Waals surface area contributed by atoms with Gasteiger partial charge in [0.25, 0.3) is 0 Å². The third-order valence-corrected chi connectivity index (χ3v) is 6.52. The predicted octanol–water partition coefficient (Wildman–Crippen LogP) is 2.16. The first kappa shape index (κ1) is 26.8. The van der Waals surface area contributed by atoms with Crippen LogP contribution in [-0.4, -0.2) is 67.8 Å². The van der Waals surface area contributed by atoms with Crippen molar-refractivity contribution in [1.29, 1.82) is 0 Å². The molecule has 2 aliphatic heterocycles. The normalized spacial score (nSPS) is 16.4. The van der Waals surface area contributed by atoms with Crippen LogP contribution in [0.1, 0.15) is 24.8 Å². The number of carbonyl (C=O) groups excluding carboxylic acids is 2. The summed E-state index contributed by atoms with van der Waals surface area (Å²) in [6.45, 7) is 2.92. The van der Waals surface area contributed by atoms with Crippen molar-refractivity contribution >= 4 is 35.3 Å². The Labute approximate surface area is 221 Å². The van der Waals surface area contributed by atoms with Crippen LogP contribution >= 0.6 is 0 Å². The second-order valence-corrected chi connectivity index (χ2v) is 9.29. The van der Waals surface area contributed by atoms with Crippen LogP contribution in [0.5, 0.6) is 0 Å². The molecule has 4 rings (SSSR count). The van der Waals surface area contributed by atoms with Gasteiger partial charge in [0.2, 0.25) is 5.91 Å². The summed E-state index contributed by atoms with van der Waals surface area (Å²) in [5, 5.41) is 21.0. The van der Waals surface area contributed by atoms with Gasteiger partial charge in [0, 0.05) is 50.0 Å². The van der Waals surface area contributed by atoms with Crippen molar-refractivity contribution in [1.82, 2.24) is 16.0 Å². The molecule has 11 heteroatoms. The van der Waals surface area contributed by atoms with Crippen LogP contribution in [0.15, 0.2) is 59.6 Å². The Morgan fingerprint density at radius 2 is 1.89 bits per heavy atom. The number of hydrogen-bond donors (Lipinski definition) is 5. The fourth-order valence-corrected chi connectivity index (χ4v) is 4.39. The Balaban J connectivity index is 1.21. The molecule has 38 heavy (non-hydrogen) atoms. The van der Waals surface area contributed by atoms with E-state index in [1.54, 1.807) is 12.1 Å². The number of rotatable bonds is 9. The molecular weight excluding hydrogens is 488 g/mol. The van der Waals surface area contributed by atoms with E-state index in [-0.39, 0.29) is 25.0 Å². The number of guanidine groups is 1. The van der Waals surface area contributed by atoms with Crippen LogP contribution in [0.25, 0.3) is 0 Å². The third kappa shape index (κ3) is 7.86. The Morgan fingerprint density at radius 1 is 1.11 bits per heavy atom. The molecule has 1 atom stereocenters. The number of hydrogen-bond acceptors (Lipinski definition) is 8. The number of carboxylic acid groups (broad SMARTS) is 1. The molecule has 2 heterocycles. The van der Waals surface area contributed by atoms with Gasteiger partial charge in [-0.05, 0) is 43.0 Å². The summed E-state index contributed by atoms with van der Waals surface area (Å²) in [6.07, 6.45) is 1.46. The molecule has 0 radical (unpaired) electrons.